The average Bonchev–Trinajstić information content (AvgIpc) is 2.12. The standard InChI is InChI=1S/C6H10F2O5/c7-5-3(11)2(10)4(12)6(8,1-9)13-5/h2-5,9-12H,1H2/t2-,3-,4+,5-,6-/m0/s1. The van der Waals surface area contributed by atoms with Gasteiger partial charge in [-0.05, 0) is 0 Å². The van der Waals surface area contributed by atoms with Crippen LogP contribution < -0.4 is 0 Å². The highest BCUT2D eigenvalue weighted by Gasteiger charge is 2.54. The molecular formula is C6H10F2O5. The van der Waals surface area contributed by atoms with Gasteiger partial charge in [-0.1, -0.05) is 0 Å². The van der Waals surface area contributed by atoms with E-state index in [1.807, 2.05) is 0 Å². The molecule has 1 saturated heterocycles. The topological polar surface area (TPSA) is 90.2 Å². The second kappa shape index (κ2) is 3.43. The van der Waals surface area contributed by atoms with E-state index < -0.39 is 37.1 Å². The van der Waals surface area contributed by atoms with E-state index >= 15 is 0 Å². The maximum atomic E-state index is 13.1. The molecule has 0 spiro atoms. The van der Waals surface area contributed by atoms with E-state index in [-0.39, 0.29) is 0 Å². The molecular weight excluding hydrogens is 190 g/mol. The molecule has 4 N–H and O–H groups in total. The normalized spacial score (nSPS) is 52.2. The minimum absolute atomic E-state index is 1.31. The molecule has 5 nitrogen and oxygen atoms in total. The molecule has 0 saturated carbocycles. The quantitative estimate of drug-likeness (QED) is 0.395. The molecule has 0 aliphatic carbocycles. The molecule has 0 aromatic carbocycles. The summed E-state index contributed by atoms with van der Waals surface area (Å²) in [5, 5.41) is 35.1. The first-order valence-corrected chi connectivity index (χ1v) is 3.58. The van der Waals surface area contributed by atoms with Gasteiger partial charge in [-0.3, -0.25) is 0 Å². The summed E-state index contributed by atoms with van der Waals surface area (Å²) in [5.41, 5.74) is 0. The lowest BCUT2D eigenvalue weighted by molar-refractivity contribution is -0.349. The number of rotatable bonds is 1. The summed E-state index contributed by atoms with van der Waals surface area (Å²) in [6.45, 7) is -1.31. The number of alkyl halides is 2. The Labute approximate surface area is 72.2 Å². The molecule has 78 valence electrons. The minimum Gasteiger partial charge on any atom is -0.390 e. The van der Waals surface area contributed by atoms with Gasteiger partial charge in [0.2, 0.25) is 6.36 Å². The van der Waals surface area contributed by atoms with E-state index in [4.69, 9.17) is 20.4 Å². The van der Waals surface area contributed by atoms with Crippen LogP contribution in [0.15, 0.2) is 0 Å². The van der Waals surface area contributed by atoms with Crippen LogP contribution in [-0.2, 0) is 4.74 Å². The third-order valence-corrected chi connectivity index (χ3v) is 1.91. The maximum absolute atomic E-state index is 13.1. The molecule has 1 heterocycles. The molecule has 0 radical (unpaired) electrons. The van der Waals surface area contributed by atoms with Crippen molar-refractivity contribution in [3.8, 4) is 0 Å². The second-order valence-corrected chi connectivity index (χ2v) is 2.84. The maximum Gasteiger partial charge on any atom is 0.263 e. The molecule has 1 aliphatic heterocycles. The monoisotopic (exact) mass is 200 g/mol. The Balaban J connectivity index is 2.82. The molecule has 0 bridgehead atoms. The fourth-order valence-corrected chi connectivity index (χ4v) is 1.05. The van der Waals surface area contributed by atoms with E-state index in [2.05, 4.69) is 4.74 Å². The fraction of sp³-hybridized carbons (Fsp3) is 1.00. The van der Waals surface area contributed by atoms with Gasteiger partial charge in [-0.2, -0.15) is 0 Å². The highest BCUT2D eigenvalue weighted by atomic mass is 19.2. The van der Waals surface area contributed by atoms with Crippen LogP contribution in [-0.4, -0.2) is 57.6 Å². The highest BCUT2D eigenvalue weighted by molar-refractivity contribution is 4.93. The van der Waals surface area contributed by atoms with Crippen molar-refractivity contribution < 1.29 is 33.9 Å². The van der Waals surface area contributed by atoms with Crippen LogP contribution in [0.4, 0.5) is 8.78 Å². The molecule has 0 aromatic rings. The van der Waals surface area contributed by atoms with E-state index in [1.165, 1.54) is 0 Å². The zero-order valence-corrected chi connectivity index (χ0v) is 6.47. The summed E-state index contributed by atoms with van der Waals surface area (Å²) in [4.78, 5) is 0. The largest absolute Gasteiger partial charge is 0.390 e. The Kier molecular flexibility index (Phi) is 2.83. The molecule has 1 fully saturated rings. The molecule has 0 unspecified atom stereocenters. The van der Waals surface area contributed by atoms with Crippen LogP contribution in [0.1, 0.15) is 0 Å². The summed E-state index contributed by atoms with van der Waals surface area (Å²) in [7, 11) is 0. The number of halogens is 2. The van der Waals surface area contributed by atoms with E-state index in [0.717, 1.165) is 0 Å². The Morgan fingerprint density at radius 2 is 1.77 bits per heavy atom. The predicted molar refractivity (Wildman–Crippen MR) is 34.9 cm³/mol. The summed E-state index contributed by atoms with van der Waals surface area (Å²) >= 11 is 0. The fourth-order valence-electron chi connectivity index (χ4n) is 1.05. The van der Waals surface area contributed by atoms with Crippen molar-refractivity contribution in [1.82, 2.24) is 0 Å². The first-order chi connectivity index (χ1) is 5.92. The number of aliphatic hydroxyl groups is 4. The van der Waals surface area contributed by atoms with Crippen LogP contribution in [0.5, 0.6) is 0 Å². The lowest BCUT2D eigenvalue weighted by Crippen LogP contribution is -2.62. The summed E-state index contributed by atoms with van der Waals surface area (Å²) in [6.07, 6.45) is -8.71. The van der Waals surface area contributed by atoms with Crippen molar-refractivity contribution in [1.29, 1.82) is 0 Å². The second-order valence-electron chi connectivity index (χ2n) is 2.84. The highest BCUT2D eigenvalue weighted by Crippen LogP contribution is 2.31. The summed E-state index contributed by atoms with van der Waals surface area (Å²) < 4.78 is 29.6. The molecule has 7 heteroatoms. The Morgan fingerprint density at radius 3 is 2.23 bits per heavy atom. The number of hydrogen-bond donors (Lipinski definition) is 4. The van der Waals surface area contributed by atoms with Gasteiger partial charge < -0.3 is 25.2 Å². The van der Waals surface area contributed by atoms with Crippen LogP contribution in [0.3, 0.4) is 0 Å². The zero-order valence-electron chi connectivity index (χ0n) is 6.47. The Bertz CT molecular complexity index is 192. The van der Waals surface area contributed by atoms with E-state index in [0.29, 0.717) is 0 Å². The SMILES string of the molecule is OC[C@]1(F)O[C@H](F)[C@@H](O)[C@H](O)[C@H]1O. The average molecular weight is 200 g/mol. The van der Waals surface area contributed by atoms with Crippen LogP contribution >= 0.6 is 0 Å². The predicted octanol–water partition coefficient (Wildman–Crippen LogP) is -1.95. The minimum atomic E-state index is -3.07. The third kappa shape index (κ3) is 1.65. The van der Waals surface area contributed by atoms with Crippen molar-refractivity contribution in [2.45, 2.75) is 30.5 Å². The van der Waals surface area contributed by atoms with Crippen molar-refractivity contribution in [3.05, 3.63) is 0 Å². The lowest BCUT2D eigenvalue weighted by atomic mass is 9.98. The van der Waals surface area contributed by atoms with Gasteiger partial charge in [0.05, 0.1) is 0 Å². The smallest absolute Gasteiger partial charge is 0.263 e. The van der Waals surface area contributed by atoms with Crippen molar-refractivity contribution in [2.75, 3.05) is 6.61 Å². The Morgan fingerprint density at radius 1 is 1.23 bits per heavy atom. The first kappa shape index (κ1) is 10.7. The van der Waals surface area contributed by atoms with Gasteiger partial charge in [0.1, 0.15) is 24.9 Å². The molecule has 0 amide bonds. The van der Waals surface area contributed by atoms with E-state index in [1.54, 1.807) is 0 Å². The van der Waals surface area contributed by atoms with Crippen LogP contribution in [0.2, 0.25) is 0 Å². The van der Waals surface area contributed by atoms with Gasteiger partial charge in [-0.25, -0.2) is 8.78 Å². The molecule has 1 aliphatic rings. The number of ether oxygens (including phenoxy) is 1. The van der Waals surface area contributed by atoms with Gasteiger partial charge in [0.25, 0.3) is 5.85 Å². The van der Waals surface area contributed by atoms with Gasteiger partial charge in [0.15, 0.2) is 0 Å². The molecule has 0 aromatic heterocycles. The third-order valence-electron chi connectivity index (χ3n) is 1.91. The van der Waals surface area contributed by atoms with E-state index in [9.17, 15) is 8.78 Å². The van der Waals surface area contributed by atoms with Gasteiger partial charge in [-0.15, -0.1) is 0 Å². The van der Waals surface area contributed by atoms with Gasteiger partial charge in [0, 0.05) is 0 Å². The number of aliphatic hydroxyl groups excluding tert-OH is 4. The Hall–Kier alpha value is -0.340. The van der Waals surface area contributed by atoms with Crippen molar-refractivity contribution in [2.24, 2.45) is 0 Å². The van der Waals surface area contributed by atoms with Crippen LogP contribution in [0, 0.1) is 0 Å². The lowest BCUT2D eigenvalue weighted by Gasteiger charge is -2.40. The zero-order chi connectivity index (χ0) is 10.2. The molecule has 13 heavy (non-hydrogen) atoms. The first-order valence-electron chi connectivity index (χ1n) is 3.58. The number of hydrogen-bond acceptors (Lipinski definition) is 5. The molecule has 5 atom stereocenters. The van der Waals surface area contributed by atoms with Crippen molar-refractivity contribution >= 4 is 0 Å². The van der Waals surface area contributed by atoms with Crippen molar-refractivity contribution in [3.63, 3.8) is 0 Å². The van der Waals surface area contributed by atoms with Crippen LogP contribution in [0.25, 0.3) is 0 Å². The van der Waals surface area contributed by atoms with Gasteiger partial charge >= 0.3 is 0 Å². The summed E-state index contributed by atoms with van der Waals surface area (Å²) in [6, 6.07) is 0. The summed E-state index contributed by atoms with van der Waals surface area (Å²) in [5.74, 6) is -3.07. The molecule has 1 rings (SSSR count).